The van der Waals surface area contributed by atoms with Crippen LogP contribution in [0.4, 0.5) is 0 Å². The largest absolute Gasteiger partial charge is 0.496 e. The summed E-state index contributed by atoms with van der Waals surface area (Å²) in [6.07, 6.45) is 0.289. The number of halogens is 1. The summed E-state index contributed by atoms with van der Waals surface area (Å²) in [5.74, 6) is 1.86. The van der Waals surface area contributed by atoms with Crippen molar-refractivity contribution in [1.29, 1.82) is 0 Å². The first-order valence-corrected chi connectivity index (χ1v) is 10.8. The lowest BCUT2D eigenvalue weighted by molar-refractivity contribution is 0.340. The molecule has 3 aromatic rings. The van der Waals surface area contributed by atoms with Gasteiger partial charge in [0.1, 0.15) is 11.5 Å². The van der Waals surface area contributed by atoms with Gasteiger partial charge in [0, 0.05) is 12.2 Å². The van der Waals surface area contributed by atoms with Crippen LogP contribution < -0.4 is 15.0 Å². The molecule has 0 aliphatic heterocycles. The Morgan fingerprint density at radius 3 is 2.52 bits per heavy atom. The Balaban J connectivity index is 1.70. The van der Waals surface area contributed by atoms with Crippen LogP contribution in [0.1, 0.15) is 23.6 Å². The molecule has 0 amide bonds. The smallest absolute Gasteiger partial charge is 0.258 e. The van der Waals surface area contributed by atoms with Crippen molar-refractivity contribution in [2.45, 2.75) is 24.3 Å². The third-order valence-electron chi connectivity index (χ3n) is 4.18. The Hall–Kier alpha value is -2.45. The van der Waals surface area contributed by atoms with Crippen molar-refractivity contribution in [3.63, 3.8) is 0 Å². The molecule has 0 spiro atoms. The molecule has 0 saturated heterocycles. The number of hydrogen-bond acceptors (Lipinski definition) is 6. The molecule has 2 aromatic carbocycles. The number of benzene rings is 2. The highest BCUT2D eigenvalue weighted by atomic mass is 79.9. The van der Waals surface area contributed by atoms with E-state index >= 15 is 0 Å². The number of rotatable bonds is 8. The summed E-state index contributed by atoms with van der Waals surface area (Å²) in [5, 5.41) is 10.7. The lowest BCUT2D eigenvalue weighted by atomic mass is 10.1. The number of nitrogens with one attached hydrogen (secondary N) is 1. The second-order valence-corrected chi connectivity index (χ2v) is 8.00. The fraction of sp³-hybridized carbons (Fsp3) is 0.238. The number of aromatic nitrogens is 2. The van der Waals surface area contributed by atoms with Crippen LogP contribution in [0.15, 0.2) is 56.9 Å². The SMILES string of the molecule is CCOc1ccc(Cc2c(O)nc(SCc3ccc(OC)c(Br)c3)[nH]c2=O)cc1. The highest BCUT2D eigenvalue weighted by Crippen LogP contribution is 2.29. The van der Waals surface area contributed by atoms with E-state index in [0.29, 0.717) is 17.5 Å². The molecule has 0 saturated carbocycles. The van der Waals surface area contributed by atoms with E-state index in [-0.39, 0.29) is 23.4 Å². The standard InChI is InChI=1S/C21H21BrN2O4S/c1-3-28-15-7-4-13(5-8-15)10-16-19(25)23-21(24-20(16)26)29-12-14-6-9-18(27-2)17(22)11-14/h4-9,11H,3,10,12H2,1-2H3,(H2,23,24,25,26). The second kappa shape index (κ2) is 9.84. The molecule has 0 radical (unpaired) electrons. The van der Waals surface area contributed by atoms with E-state index in [1.54, 1.807) is 7.11 Å². The summed E-state index contributed by atoms with van der Waals surface area (Å²) >= 11 is 4.80. The summed E-state index contributed by atoms with van der Waals surface area (Å²) in [5.41, 5.74) is 1.82. The minimum Gasteiger partial charge on any atom is -0.496 e. The van der Waals surface area contributed by atoms with Crippen molar-refractivity contribution in [3.8, 4) is 17.4 Å². The van der Waals surface area contributed by atoms with Crippen LogP contribution >= 0.6 is 27.7 Å². The lowest BCUT2D eigenvalue weighted by Crippen LogP contribution is -2.15. The van der Waals surface area contributed by atoms with Gasteiger partial charge in [0.05, 0.1) is 23.8 Å². The van der Waals surface area contributed by atoms with Crippen LogP contribution in [0, 0.1) is 0 Å². The van der Waals surface area contributed by atoms with Crippen molar-refractivity contribution in [2.24, 2.45) is 0 Å². The molecule has 152 valence electrons. The summed E-state index contributed by atoms with van der Waals surface area (Å²) < 4.78 is 11.5. The molecule has 0 unspecified atom stereocenters. The Morgan fingerprint density at radius 2 is 1.90 bits per heavy atom. The van der Waals surface area contributed by atoms with Gasteiger partial charge in [-0.3, -0.25) is 4.79 Å². The van der Waals surface area contributed by atoms with Crippen LogP contribution in [0.25, 0.3) is 0 Å². The van der Waals surface area contributed by atoms with Gasteiger partial charge >= 0.3 is 0 Å². The molecule has 29 heavy (non-hydrogen) atoms. The first-order chi connectivity index (χ1) is 14.0. The second-order valence-electron chi connectivity index (χ2n) is 6.18. The number of aromatic hydroxyl groups is 1. The predicted octanol–water partition coefficient (Wildman–Crippen LogP) is 4.53. The molecule has 0 bridgehead atoms. The number of thioether (sulfide) groups is 1. The number of hydrogen-bond donors (Lipinski definition) is 2. The van der Waals surface area contributed by atoms with Crippen LogP contribution in [0.2, 0.25) is 0 Å². The maximum atomic E-state index is 12.5. The maximum Gasteiger partial charge on any atom is 0.258 e. The first kappa shape index (κ1) is 21.3. The Morgan fingerprint density at radius 1 is 1.17 bits per heavy atom. The molecule has 0 fully saturated rings. The van der Waals surface area contributed by atoms with Gasteiger partial charge in [0.2, 0.25) is 5.88 Å². The van der Waals surface area contributed by atoms with Crippen molar-refractivity contribution in [1.82, 2.24) is 9.97 Å². The van der Waals surface area contributed by atoms with Crippen molar-refractivity contribution in [2.75, 3.05) is 13.7 Å². The third kappa shape index (κ3) is 5.55. The van der Waals surface area contributed by atoms with Gasteiger partial charge in [-0.05, 0) is 58.2 Å². The first-order valence-electron chi connectivity index (χ1n) is 8.99. The average molecular weight is 477 g/mol. The molecule has 1 aromatic heterocycles. The van der Waals surface area contributed by atoms with Crippen LogP contribution in [-0.2, 0) is 12.2 Å². The molecular formula is C21H21BrN2O4S. The maximum absolute atomic E-state index is 12.5. The number of methoxy groups -OCH3 is 1. The van der Waals surface area contributed by atoms with E-state index in [9.17, 15) is 9.90 Å². The Kier molecular flexibility index (Phi) is 7.22. The van der Waals surface area contributed by atoms with E-state index < -0.39 is 0 Å². The van der Waals surface area contributed by atoms with Gasteiger partial charge in [0.25, 0.3) is 5.56 Å². The van der Waals surface area contributed by atoms with Gasteiger partial charge in [-0.25, -0.2) is 0 Å². The summed E-state index contributed by atoms with van der Waals surface area (Å²) in [4.78, 5) is 19.4. The molecule has 8 heteroatoms. The molecule has 2 N–H and O–H groups in total. The minimum absolute atomic E-state index is 0.241. The third-order valence-corrected chi connectivity index (χ3v) is 5.74. The molecule has 0 aliphatic carbocycles. The molecule has 1 heterocycles. The molecule has 0 atom stereocenters. The zero-order chi connectivity index (χ0) is 20.8. The van der Waals surface area contributed by atoms with Crippen LogP contribution in [-0.4, -0.2) is 28.8 Å². The molecule has 0 aliphatic rings. The van der Waals surface area contributed by atoms with Gasteiger partial charge < -0.3 is 19.6 Å². The number of aromatic amines is 1. The highest BCUT2D eigenvalue weighted by molar-refractivity contribution is 9.10. The molecule has 6 nitrogen and oxygen atoms in total. The normalized spacial score (nSPS) is 10.7. The van der Waals surface area contributed by atoms with Crippen LogP contribution in [0.5, 0.6) is 17.4 Å². The van der Waals surface area contributed by atoms with Crippen molar-refractivity contribution >= 4 is 27.7 Å². The van der Waals surface area contributed by atoms with E-state index in [4.69, 9.17) is 9.47 Å². The summed E-state index contributed by atoms with van der Waals surface area (Å²) in [6.45, 7) is 2.51. The quantitative estimate of drug-likeness (QED) is 0.367. The van der Waals surface area contributed by atoms with Crippen molar-refractivity contribution < 1.29 is 14.6 Å². The number of nitrogens with zero attached hydrogens (tertiary/aromatic N) is 1. The van der Waals surface area contributed by atoms with Gasteiger partial charge in [-0.15, -0.1) is 0 Å². The summed E-state index contributed by atoms with van der Waals surface area (Å²) in [6, 6.07) is 13.2. The zero-order valence-corrected chi connectivity index (χ0v) is 18.5. The predicted molar refractivity (Wildman–Crippen MR) is 117 cm³/mol. The van der Waals surface area contributed by atoms with E-state index in [0.717, 1.165) is 27.1 Å². The van der Waals surface area contributed by atoms with E-state index in [2.05, 4.69) is 25.9 Å². The van der Waals surface area contributed by atoms with Crippen molar-refractivity contribution in [3.05, 3.63) is 74.0 Å². The fourth-order valence-corrected chi connectivity index (χ4v) is 4.11. The Labute approximate surface area is 181 Å². The number of H-pyrrole nitrogens is 1. The van der Waals surface area contributed by atoms with Gasteiger partial charge in [-0.1, -0.05) is 30.0 Å². The molecule has 3 rings (SSSR count). The topological polar surface area (TPSA) is 84.4 Å². The average Bonchev–Trinajstić information content (AvgIpc) is 2.71. The van der Waals surface area contributed by atoms with E-state index in [1.165, 1.54) is 11.8 Å². The monoisotopic (exact) mass is 476 g/mol. The van der Waals surface area contributed by atoms with Crippen LogP contribution in [0.3, 0.4) is 0 Å². The minimum atomic E-state index is -0.343. The van der Waals surface area contributed by atoms with E-state index in [1.807, 2.05) is 49.4 Å². The zero-order valence-electron chi connectivity index (χ0n) is 16.1. The Bertz CT molecular complexity index is 1040. The fourth-order valence-electron chi connectivity index (χ4n) is 2.72. The summed E-state index contributed by atoms with van der Waals surface area (Å²) in [7, 11) is 1.61. The lowest BCUT2D eigenvalue weighted by Gasteiger charge is -2.08. The highest BCUT2D eigenvalue weighted by Gasteiger charge is 2.12. The number of ether oxygens (including phenoxy) is 2. The van der Waals surface area contributed by atoms with Gasteiger partial charge in [0.15, 0.2) is 5.16 Å². The van der Waals surface area contributed by atoms with Gasteiger partial charge in [-0.2, -0.15) is 4.98 Å². The molecular weight excluding hydrogens is 456 g/mol.